The van der Waals surface area contributed by atoms with Crippen LogP contribution in [0.1, 0.15) is 47.1 Å². The first-order valence-corrected chi connectivity index (χ1v) is 11.2. The molecule has 2 aromatic rings. The van der Waals surface area contributed by atoms with Gasteiger partial charge in [-0.2, -0.15) is 0 Å². The lowest BCUT2D eigenvalue weighted by molar-refractivity contribution is -0.132. The standard InChI is InChI=1S/C24H31N5O3/c1-17-21(24(31)28-10-4-5-11-28)14-25-23(26-17)18-9-12-29(15-18)22(30)16-32-20-8-6-7-19(13-20)27(2)3/h6-8,13-14,18H,4-5,9-12,15-16H2,1-3H3/t18-/m1/s1. The van der Waals surface area contributed by atoms with Crippen LogP contribution in [0.5, 0.6) is 5.75 Å². The monoisotopic (exact) mass is 437 g/mol. The first-order chi connectivity index (χ1) is 15.4. The summed E-state index contributed by atoms with van der Waals surface area (Å²) in [5.41, 5.74) is 2.31. The Balaban J connectivity index is 1.33. The number of ether oxygens (including phenoxy) is 1. The molecule has 2 fully saturated rings. The molecule has 2 amide bonds. The highest BCUT2D eigenvalue weighted by Crippen LogP contribution is 2.26. The van der Waals surface area contributed by atoms with Crippen LogP contribution >= 0.6 is 0 Å². The van der Waals surface area contributed by atoms with Gasteiger partial charge in [0, 0.05) is 64.1 Å². The van der Waals surface area contributed by atoms with Gasteiger partial charge in [-0.1, -0.05) is 6.07 Å². The van der Waals surface area contributed by atoms with E-state index in [9.17, 15) is 9.59 Å². The van der Waals surface area contributed by atoms with Crippen molar-refractivity contribution in [3.63, 3.8) is 0 Å². The molecule has 170 valence electrons. The Bertz CT molecular complexity index is 987. The molecule has 2 aliphatic heterocycles. The van der Waals surface area contributed by atoms with Gasteiger partial charge in [0.2, 0.25) is 0 Å². The number of likely N-dealkylation sites (tertiary alicyclic amines) is 2. The molecule has 8 heteroatoms. The Kier molecular flexibility index (Phi) is 6.58. The molecule has 0 saturated carbocycles. The van der Waals surface area contributed by atoms with Crippen molar-refractivity contribution in [2.75, 3.05) is 51.8 Å². The molecule has 2 saturated heterocycles. The van der Waals surface area contributed by atoms with Crippen LogP contribution in [0.25, 0.3) is 0 Å². The lowest BCUT2D eigenvalue weighted by Gasteiger charge is -2.18. The summed E-state index contributed by atoms with van der Waals surface area (Å²) < 4.78 is 5.73. The van der Waals surface area contributed by atoms with Crippen LogP contribution in [0.2, 0.25) is 0 Å². The van der Waals surface area contributed by atoms with Crippen molar-refractivity contribution >= 4 is 17.5 Å². The van der Waals surface area contributed by atoms with Gasteiger partial charge >= 0.3 is 0 Å². The van der Waals surface area contributed by atoms with Crippen molar-refractivity contribution in [1.82, 2.24) is 19.8 Å². The minimum Gasteiger partial charge on any atom is -0.484 e. The number of carbonyl (C=O) groups is 2. The van der Waals surface area contributed by atoms with Crippen LogP contribution in [0.3, 0.4) is 0 Å². The fraction of sp³-hybridized carbons (Fsp3) is 0.500. The predicted octanol–water partition coefficient (Wildman–Crippen LogP) is 2.48. The maximum absolute atomic E-state index is 12.7. The van der Waals surface area contributed by atoms with Gasteiger partial charge < -0.3 is 19.4 Å². The zero-order chi connectivity index (χ0) is 22.7. The SMILES string of the molecule is Cc1nc([C@@H]2CCN(C(=O)COc3cccc(N(C)C)c3)C2)ncc1C(=O)N1CCCC1. The summed E-state index contributed by atoms with van der Waals surface area (Å²) in [5.74, 6) is 1.43. The predicted molar refractivity (Wildman–Crippen MR) is 122 cm³/mol. The Hall–Kier alpha value is -3.16. The van der Waals surface area contributed by atoms with Crippen molar-refractivity contribution in [2.24, 2.45) is 0 Å². The molecule has 3 heterocycles. The minimum absolute atomic E-state index is 0.00671. The van der Waals surface area contributed by atoms with Gasteiger partial charge in [-0.15, -0.1) is 0 Å². The second kappa shape index (κ2) is 9.54. The number of hydrogen-bond donors (Lipinski definition) is 0. The molecular formula is C24H31N5O3. The summed E-state index contributed by atoms with van der Waals surface area (Å²) in [4.78, 5) is 40.1. The number of rotatable bonds is 6. The number of hydrogen-bond acceptors (Lipinski definition) is 6. The van der Waals surface area contributed by atoms with E-state index in [4.69, 9.17) is 4.74 Å². The summed E-state index contributed by atoms with van der Waals surface area (Å²) in [6.07, 6.45) is 4.57. The number of aryl methyl sites for hydroxylation is 1. The number of benzene rings is 1. The molecule has 0 bridgehead atoms. The Labute approximate surface area is 189 Å². The second-order valence-corrected chi connectivity index (χ2v) is 8.73. The van der Waals surface area contributed by atoms with Crippen molar-refractivity contribution in [1.29, 1.82) is 0 Å². The largest absolute Gasteiger partial charge is 0.484 e. The summed E-state index contributed by atoms with van der Waals surface area (Å²) in [6.45, 7) is 4.71. The fourth-order valence-corrected chi connectivity index (χ4v) is 4.27. The Morgan fingerprint density at radius 2 is 1.94 bits per heavy atom. The Morgan fingerprint density at radius 3 is 2.66 bits per heavy atom. The Morgan fingerprint density at radius 1 is 1.16 bits per heavy atom. The van der Waals surface area contributed by atoms with Crippen molar-refractivity contribution in [2.45, 2.75) is 32.1 Å². The number of nitrogens with zero attached hydrogens (tertiary/aromatic N) is 5. The molecule has 0 N–H and O–H groups in total. The lowest BCUT2D eigenvalue weighted by atomic mass is 10.1. The van der Waals surface area contributed by atoms with Gasteiger partial charge in [0.05, 0.1) is 11.3 Å². The van der Waals surface area contributed by atoms with Crippen LogP contribution in [-0.4, -0.2) is 78.5 Å². The van der Waals surface area contributed by atoms with E-state index in [1.54, 1.807) is 6.20 Å². The average molecular weight is 438 g/mol. The zero-order valence-electron chi connectivity index (χ0n) is 19.1. The van der Waals surface area contributed by atoms with E-state index in [1.165, 1.54) is 0 Å². The van der Waals surface area contributed by atoms with Crippen LogP contribution < -0.4 is 9.64 Å². The molecular weight excluding hydrogens is 406 g/mol. The van der Waals surface area contributed by atoms with Crippen molar-refractivity contribution in [3.8, 4) is 5.75 Å². The van der Waals surface area contributed by atoms with E-state index in [0.29, 0.717) is 35.9 Å². The fourth-order valence-electron chi connectivity index (χ4n) is 4.27. The van der Waals surface area contributed by atoms with Gasteiger partial charge in [-0.05, 0) is 38.3 Å². The quantitative estimate of drug-likeness (QED) is 0.691. The first-order valence-electron chi connectivity index (χ1n) is 11.2. The molecule has 0 spiro atoms. The molecule has 1 atom stereocenters. The molecule has 2 aliphatic rings. The molecule has 1 aromatic carbocycles. The number of carbonyl (C=O) groups excluding carboxylic acids is 2. The average Bonchev–Trinajstić information content (AvgIpc) is 3.50. The molecule has 0 unspecified atom stereocenters. The third-order valence-corrected chi connectivity index (χ3v) is 6.22. The third-order valence-electron chi connectivity index (χ3n) is 6.22. The van der Waals surface area contributed by atoms with E-state index in [-0.39, 0.29) is 24.3 Å². The molecule has 0 aliphatic carbocycles. The third kappa shape index (κ3) is 4.84. The molecule has 32 heavy (non-hydrogen) atoms. The van der Waals surface area contributed by atoms with E-state index >= 15 is 0 Å². The van der Waals surface area contributed by atoms with Crippen LogP contribution in [0, 0.1) is 6.92 Å². The number of amides is 2. The molecule has 4 rings (SSSR count). The molecule has 8 nitrogen and oxygen atoms in total. The van der Waals surface area contributed by atoms with E-state index in [0.717, 1.165) is 38.0 Å². The van der Waals surface area contributed by atoms with E-state index < -0.39 is 0 Å². The summed E-state index contributed by atoms with van der Waals surface area (Å²) in [7, 11) is 3.93. The van der Waals surface area contributed by atoms with Crippen LogP contribution in [0.15, 0.2) is 30.5 Å². The first kappa shape index (κ1) is 22.0. The van der Waals surface area contributed by atoms with Gasteiger partial charge in [0.15, 0.2) is 6.61 Å². The van der Waals surface area contributed by atoms with E-state index in [1.807, 2.05) is 60.0 Å². The van der Waals surface area contributed by atoms with Gasteiger partial charge in [-0.25, -0.2) is 9.97 Å². The van der Waals surface area contributed by atoms with Crippen molar-refractivity contribution < 1.29 is 14.3 Å². The smallest absolute Gasteiger partial charge is 0.260 e. The molecule has 0 radical (unpaired) electrons. The summed E-state index contributed by atoms with van der Waals surface area (Å²) in [6, 6.07) is 7.68. The highest BCUT2D eigenvalue weighted by molar-refractivity contribution is 5.95. The minimum atomic E-state index is -0.0414. The summed E-state index contributed by atoms with van der Waals surface area (Å²) in [5, 5.41) is 0. The lowest BCUT2D eigenvalue weighted by Crippen LogP contribution is -2.33. The van der Waals surface area contributed by atoms with Gasteiger partial charge in [-0.3, -0.25) is 9.59 Å². The van der Waals surface area contributed by atoms with Crippen LogP contribution in [0.4, 0.5) is 5.69 Å². The second-order valence-electron chi connectivity index (χ2n) is 8.73. The topological polar surface area (TPSA) is 78.9 Å². The maximum atomic E-state index is 12.7. The van der Waals surface area contributed by atoms with Crippen molar-refractivity contribution in [3.05, 3.63) is 47.5 Å². The summed E-state index contributed by atoms with van der Waals surface area (Å²) >= 11 is 0. The molecule has 1 aromatic heterocycles. The highest BCUT2D eigenvalue weighted by atomic mass is 16.5. The number of aromatic nitrogens is 2. The zero-order valence-corrected chi connectivity index (χ0v) is 19.1. The van der Waals surface area contributed by atoms with Gasteiger partial charge in [0.25, 0.3) is 11.8 Å². The number of anilines is 1. The van der Waals surface area contributed by atoms with E-state index in [2.05, 4.69) is 9.97 Å². The highest BCUT2D eigenvalue weighted by Gasteiger charge is 2.30. The van der Waals surface area contributed by atoms with Crippen LogP contribution in [-0.2, 0) is 4.79 Å². The maximum Gasteiger partial charge on any atom is 0.260 e. The normalized spacial score (nSPS) is 18.2. The van der Waals surface area contributed by atoms with Gasteiger partial charge in [0.1, 0.15) is 11.6 Å².